The molecule has 0 aliphatic rings. The van der Waals surface area contributed by atoms with E-state index in [4.69, 9.17) is 30.6 Å². The third-order valence-corrected chi connectivity index (χ3v) is 4.61. The maximum atomic E-state index is 8.25. The van der Waals surface area contributed by atoms with E-state index in [0.29, 0.717) is 0 Å². The Kier molecular flexibility index (Phi) is 13.4. The Balaban J connectivity index is 0.000000237. The third-order valence-electron chi connectivity index (χ3n) is 4.61. The Bertz CT molecular complexity index is 1420. The number of hydrogen-bond donors (Lipinski definition) is 0. The SMILES string of the molecule is O=[N+]([O-])[O-].O=[N+]([O-])[O-].[Co+2].c1ccc(-c2cn(-c3ccccn3)nn2)nc1.c1ccc(-c2cn(-c3ccccn3)nn2)nc1. The first-order valence-corrected chi connectivity index (χ1v) is 11.5. The smallest absolute Gasteiger partial charge is 0.356 e. The van der Waals surface area contributed by atoms with Gasteiger partial charge in [0, 0.05) is 24.8 Å². The van der Waals surface area contributed by atoms with Crippen molar-refractivity contribution in [1.29, 1.82) is 0 Å². The minimum absolute atomic E-state index is 0. The fraction of sp³-hybridized carbons (Fsp3) is 0. The summed E-state index contributed by atoms with van der Waals surface area (Å²) in [6.07, 6.45) is 10.5. The van der Waals surface area contributed by atoms with Crippen molar-refractivity contribution in [2.24, 2.45) is 0 Å². The maximum absolute atomic E-state index is 8.25. The summed E-state index contributed by atoms with van der Waals surface area (Å²) in [5.41, 5.74) is 3.07. The van der Waals surface area contributed by atoms with Crippen LogP contribution >= 0.6 is 0 Å². The molecule has 0 fully saturated rings. The summed E-state index contributed by atoms with van der Waals surface area (Å²) in [5.74, 6) is 1.48. The largest absolute Gasteiger partial charge is 2.00 e. The van der Waals surface area contributed by atoms with E-state index in [1.54, 1.807) is 34.2 Å². The molecule has 6 heterocycles. The van der Waals surface area contributed by atoms with E-state index in [1.807, 2.05) is 85.2 Å². The molecule has 1 radical (unpaired) electrons. The fourth-order valence-electron chi connectivity index (χ4n) is 2.99. The fourth-order valence-corrected chi connectivity index (χ4v) is 2.99. The van der Waals surface area contributed by atoms with E-state index in [1.165, 1.54) is 0 Å². The predicted molar refractivity (Wildman–Crippen MR) is 145 cm³/mol. The molecule has 6 rings (SSSR count). The van der Waals surface area contributed by atoms with Crippen LogP contribution in [0.5, 0.6) is 0 Å². The Morgan fingerprint density at radius 1 is 0.488 bits per heavy atom. The van der Waals surface area contributed by atoms with Crippen LogP contribution in [0.4, 0.5) is 0 Å². The van der Waals surface area contributed by atoms with Crippen LogP contribution in [0, 0.1) is 30.6 Å². The quantitative estimate of drug-likeness (QED) is 0.201. The summed E-state index contributed by atoms with van der Waals surface area (Å²) in [6, 6.07) is 22.6. The van der Waals surface area contributed by atoms with E-state index in [-0.39, 0.29) is 16.8 Å². The molecule has 0 N–H and O–H groups in total. The molecular weight excluding hydrogens is 611 g/mol. The normalized spacial score (nSPS) is 9.30. The van der Waals surface area contributed by atoms with Crippen molar-refractivity contribution < 1.29 is 27.0 Å². The van der Waals surface area contributed by atoms with Crippen LogP contribution < -0.4 is 0 Å². The maximum Gasteiger partial charge on any atom is 2.00 e. The number of rotatable bonds is 4. The summed E-state index contributed by atoms with van der Waals surface area (Å²) in [7, 11) is 0. The average molecular weight is 629 g/mol. The molecule has 0 amide bonds. The number of pyridine rings is 4. The van der Waals surface area contributed by atoms with Gasteiger partial charge in [-0.3, -0.25) is 9.97 Å². The molecule has 0 saturated carbocycles. The second-order valence-corrected chi connectivity index (χ2v) is 7.35. The molecule has 19 heteroatoms. The first kappa shape index (κ1) is 33.0. The molecular formula is C24H18CoN12O6. The van der Waals surface area contributed by atoms with E-state index >= 15 is 0 Å². The first-order valence-electron chi connectivity index (χ1n) is 11.5. The molecule has 18 nitrogen and oxygen atoms in total. The third kappa shape index (κ3) is 11.4. The van der Waals surface area contributed by atoms with Crippen LogP contribution in [0.1, 0.15) is 0 Å². The predicted octanol–water partition coefficient (Wildman–Crippen LogP) is 2.97. The van der Waals surface area contributed by atoms with Gasteiger partial charge in [-0.05, 0) is 48.5 Å². The Morgan fingerprint density at radius 3 is 1.09 bits per heavy atom. The van der Waals surface area contributed by atoms with Crippen LogP contribution in [0.25, 0.3) is 34.4 Å². The van der Waals surface area contributed by atoms with Crippen molar-refractivity contribution in [3.63, 3.8) is 0 Å². The molecule has 0 aromatic carbocycles. The summed E-state index contributed by atoms with van der Waals surface area (Å²) < 4.78 is 3.26. The summed E-state index contributed by atoms with van der Waals surface area (Å²) in [4.78, 5) is 33.3. The monoisotopic (exact) mass is 629 g/mol. The van der Waals surface area contributed by atoms with Crippen LogP contribution in [0.3, 0.4) is 0 Å². The minimum Gasteiger partial charge on any atom is -0.356 e. The molecule has 219 valence electrons. The topological polar surface area (TPSA) is 245 Å². The van der Waals surface area contributed by atoms with Gasteiger partial charge in [0.05, 0.1) is 34.0 Å². The van der Waals surface area contributed by atoms with E-state index in [9.17, 15) is 0 Å². The molecule has 43 heavy (non-hydrogen) atoms. The van der Waals surface area contributed by atoms with Gasteiger partial charge in [-0.25, -0.2) is 19.3 Å². The average Bonchev–Trinajstić information content (AvgIpc) is 3.70. The van der Waals surface area contributed by atoms with Gasteiger partial charge in [-0.15, -0.1) is 10.2 Å². The molecule has 0 unspecified atom stereocenters. The van der Waals surface area contributed by atoms with Gasteiger partial charge in [0.15, 0.2) is 11.6 Å². The molecule has 0 saturated heterocycles. The van der Waals surface area contributed by atoms with Gasteiger partial charge >= 0.3 is 16.8 Å². The van der Waals surface area contributed by atoms with Crippen molar-refractivity contribution in [3.8, 4) is 34.4 Å². The molecule has 6 aromatic heterocycles. The summed E-state index contributed by atoms with van der Waals surface area (Å²) >= 11 is 0. The van der Waals surface area contributed by atoms with Crippen molar-refractivity contribution in [2.45, 2.75) is 0 Å². The van der Waals surface area contributed by atoms with Crippen molar-refractivity contribution in [1.82, 2.24) is 49.9 Å². The van der Waals surface area contributed by atoms with Crippen molar-refractivity contribution in [3.05, 3.63) is 141 Å². The van der Waals surface area contributed by atoms with Gasteiger partial charge in [0.2, 0.25) is 0 Å². The Hall–Kier alpha value is -6.21. The first-order chi connectivity index (χ1) is 20.3. The standard InChI is InChI=1S/2C12H9N5.Co.2NO3/c2*1-3-7-13-10(5-1)11-9-17(16-15-11)12-6-2-4-8-14-12;;2*2-1(3)4/h2*1-9H;;;/q;;+2;2*-1. The zero-order valence-electron chi connectivity index (χ0n) is 21.5. The van der Waals surface area contributed by atoms with E-state index < -0.39 is 10.2 Å². The van der Waals surface area contributed by atoms with Gasteiger partial charge in [0.25, 0.3) is 0 Å². The van der Waals surface area contributed by atoms with Gasteiger partial charge < -0.3 is 30.6 Å². The second-order valence-electron chi connectivity index (χ2n) is 7.35. The van der Waals surface area contributed by atoms with Crippen LogP contribution in [-0.2, 0) is 16.8 Å². The number of hydrogen-bond acceptors (Lipinski definition) is 14. The second kappa shape index (κ2) is 17.5. The van der Waals surface area contributed by atoms with Crippen molar-refractivity contribution >= 4 is 0 Å². The molecule has 0 bridgehead atoms. The van der Waals surface area contributed by atoms with Gasteiger partial charge in [-0.1, -0.05) is 34.7 Å². The minimum atomic E-state index is -1.75. The zero-order valence-corrected chi connectivity index (χ0v) is 22.6. The number of aromatic nitrogens is 10. The molecule has 0 spiro atoms. The molecule has 0 aliphatic carbocycles. The zero-order chi connectivity index (χ0) is 30.2. The van der Waals surface area contributed by atoms with Crippen LogP contribution in [0.15, 0.2) is 110 Å². The number of nitrogens with zero attached hydrogens (tertiary/aromatic N) is 12. The van der Waals surface area contributed by atoms with Crippen LogP contribution in [-0.4, -0.2) is 60.1 Å². The Labute approximate surface area is 251 Å². The molecule has 0 atom stereocenters. The molecule has 6 aromatic rings. The van der Waals surface area contributed by atoms with Crippen molar-refractivity contribution in [2.75, 3.05) is 0 Å². The molecule has 0 aliphatic heterocycles. The van der Waals surface area contributed by atoms with Crippen LogP contribution in [0.2, 0.25) is 0 Å². The summed E-state index contributed by atoms with van der Waals surface area (Å²) in [6.45, 7) is 0. The van der Waals surface area contributed by atoms with E-state index in [2.05, 4.69) is 40.6 Å². The van der Waals surface area contributed by atoms with E-state index in [0.717, 1.165) is 34.4 Å². The van der Waals surface area contributed by atoms with Gasteiger partial charge in [-0.2, -0.15) is 0 Å². The summed E-state index contributed by atoms with van der Waals surface area (Å²) in [5, 5.41) is 45.7. The Morgan fingerprint density at radius 2 is 0.814 bits per heavy atom. The van der Waals surface area contributed by atoms with Gasteiger partial charge in [0.1, 0.15) is 11.4 Å².